The fourth-order valence-electron chi connectivity index (χ4n) is 1.18. The summed E-state index contributed by atoms with van der Waals surface area (Å²) in [5, 5.41) is 0. The summed E-state index contributed by atoms with van der Waals surface area (Å²) in [4.78, 5) is 14.4. The molecule has 1 atom stereocenters. The van der Waals surface area contributed by atoms with Crippen molar-refractivity contribution in [2.75, 3.05) is 12.9 Å². The summed E-state index contributed by atoms with van der Waals surface area (Å²) in [6.45, 7) is 1.26. The van der Waals surface area contributed by atoms with Crippen LogP contribution in [0.1, 0.15) is 12.6 Å². The van der Waals surface area contributed by atoms with Gasteiger partial charge in [0.1, 0.15) is 5.69 Å². The van der Waals surface area contributed by atoms with Crippen LogP contribution in [0.3, 0.4) is 0 Å². The molecule has 0 N–H and O–H groups in total. The highest BCUT2D eigenvalue weighted by Crippen LogP contribution is 2.31. The molecule has 1 unspecified atom stereocenters. The van der Waals surface area contributed by atoms with E-state index in [9.17, 15) is 17.8 Å². The molecule has 0 spiro atoms. The summed E-state index contributed by atoms with van der Waals surface area (Å²) >= 11 is 0. The Hall–Kier alpha value is -1.37. The molecule has 0 aliphatic rings. The van der Waals surface area contributed by atoms with Gasteiger partial charge in [0.05, 0.1) is 22.3 Å². The van der Waals surface area contributed by atoms with E-state index in [1.165, 1.54) is 25.3 Å². The number of pyridine rings is 1. The lowest BCUT2D eigenvalue weighted by Gasteiger charge is -2.15. The van der Waals surface area contributed by atoms with Crippen LogP contribution in [-0.4, -0.2) is 28.0 Å². The average Bonchev–Trinajstić information content (AvgIpc) is 2.29. The van der Waals surface area contributed by atoms with Gasteiger partial charge in [0.2, 0.25) is 0 Å². The molecular formula is C10H11F2NO3S. The SMILES string of the molecule is CCOC(=O)C(F)(F)c1ncccc1S(C)=O. The second-order valence-electron chi connectivity index (χ2n) is 3.10. The molecule has 1 rings (SSSR count). The van der Waals surface area contributed by atoms with Crippen LogP contribution in [0.15, 0.2) is 23.2 Å². The van der Waals surface area contributed by atoms with E-state index in [0.29, 0.717) is 0 Å². The third kappa shape index (κ3) is 2.85. The number of ether oxygens (including phenoxy) is 1. The number of nitrogens with zero attached hydrogens (tertiary/aromatic N) is 1. The molecule has 0 saturated carbocycles. The van der Waals surface area contributed by atoms with Crippen molar-refractivity contribution in [2.45, 2.75) is 17.7 Å². The highest BCUT2D eigenvalue weighted by atomic mass is 32.2. The van der Waals surface area contributed by atoms with Crippen molar-refractivity contribution in [3.8, 4) is 0 Å². The zero-order chi connectivity index (χ0) is 13.1. The van der Waals surface area contributed by atoms with Crippen molar-refractivity contribution in [2.24, 2.45) is 0 Å². The van der Waals surface area contributed by atoms with Crippen LogP contribution < -0.4 is 0 Å². The molecule has 1 aromatic heterocycles. The molecule has 0 radical (unpaired) electrons. The molecule has 0 amide bonds. The first-order chi connectivity index (χ1) is 7.91. The molecule has 4 nitrogen and oxygen atoms in total. The summed E-state index contributed by atoms with van der Waals surface area (Å²) < 4.78 is 42.9. The smallest absolute Gasteiger partial charge is 0.385 e. The minimum atomic E-state index is -3.89. The second-order valence-corrected chi connectivity index (χ2v) is 4.45. The van der Waals surface area contributed by atoms with Crippen molar-refractivity contribution in [3.05, 3.63) is 24.0 Å². The minimum absolute atomic E-state index is 0.161. The van der Waals surface area contributed by atoms with E-state index in [0.717, 1.165) is 6.20 Å². The van der Waals surface area contributed by atoms with Crippen molar-refractivity contribution < 1.29 is 22.5 Å². The predicted octanol–water partition coefficient (Wildman–Crippen LogP) is 1.47. The van der Waals surface area contributed by atoms with Gasteiger partial charge < -0.3 is 4.74 Å². The first-order valence-corrected chi connectivity index (χ1v) is 6.31. The van der Waals surface area contributed by atoms with Gasteiger partial charge in [-0.25, -0.2) is 4.79 Å². The van der Waals surface area contributed by atoms with E-state index in [2.05, 4.69) is 9.72 Å². The van der Waals surface area contributed by atoms with Crippen LogP contribution in [0.5, 0.6) is 0 Å². The van der Waals surface area contributed by atoms with Crippen molar-refractivity contribution >= 4 is 16.8 Å². The van der Waals surface area contributed by atoms with Crippen LogP contribution in [0.2, 0.25) is 0 Å². The van der Waals surface area contributed by atoms with Gasteiger partial charge in [-0.15, -0.1) is 0 Å². The Morgan fingerprint density at radius 2 is 2.24 bits per heavy atom. The van der Waals surface area contributed by atoms with Gasteiger partial charge in [-0.05, 0) is 19.1 Å². The van der Waals surface area contributed by atoms with Crippen LogP contribution in [0.4, 0.5) is 8.78 Å². The average molecular weight is 263 g/mol. The lowest BCUT2D eigenvalue weighted by Crippen LogP contribution is -2.30. The standard InChI is InChI=1S/C10H11F2NO3S/c1-3-16-9(14)10(11,12)8-7(17(2)15)5-4-6-13-8/h4-6H,3H2,1-2H3. The van der Waals surface area contributed by atoms with E-state index >= 15 is 0 Å². The van der Waals surface area contributed by atoms with Crippen molar-refractivity contribution in [1.82, 2.24) is 4.98 Å². The molecule has 7 heteroatoms. The van der Waals surface area contributed by atoms with E-state index in [1.54, 1.807) is 0 Å². The Morgan fingerprint density at radius 1 is 1.59 bits per heavy atom. The van der Waals surface area contributed by atoms with Crippen LogP contribution in [-0.2, 0) is 26.3 Å². The van der Waals surface area contributed by atoms with Crippen molar-refractivity contribution in [3.63, 3.8) is 0 Å². The Labute approximate surface area is 99.5 Å². The van der Waals surface area contributed by atoms with Gasteiger partial charge in [0.25, 0.3) is 0 Å². The molecule has 1 aromatic rings. The van der Waals surface area contributed by atoms with Crippen molar-refractivity contribution in [1.29, 1.82) is 0 Å². The molecule has 0 aliphatic carbocycles. The lowest BCUT2D eigenvalue weighted by molar-refractivity contribution is -0.174. The molecule has 94 valence electrons. The third-order valence-corrected chi connectivity index (χ3v) is 2.86. The summed E-state index contributed by atoms with van der Waals surface area (Å²) in [6.07, 6.45) is 2.35. The minimum Gasteiger partial charge on any atom is -0.461 e. The topological polar surface area (TPSA) is 56.3 Å². The van der Waals surface area contributed by atoms with Gasteiger partial charge in [-0.1, -0.05) is 0 Å². The molecule has 0 saturated heterocycles. The van der Waals surface area contributed by atoms with Gasteiger partial charge in [-0.2, -0.15) is 8.78 Å². The number of alkyl halides is 2. The van der Waals surface area contributed by atoms with Gasteiger partial charge in [-0.3, -0.25) is 9.19 Å². The number of hydrogen-bond donors (Lipinski definition) is 0. The van der Waals surface area contributed by atoms with Gasteiger partial charge in [0, 0.05) is 12.5 Å². The zero-order valence-corrected chi connectivity index (χ0v) is 10.1. The Kier molecular flexibility index (Phi) is 4.28. The van der Waals surface area contributed by atoms with Crippen LogP contribution >= 0.6 is 0 Å². The summed E-state index contributed by atoms with van der Waals surface area (Å²) in [7, 11) is -1.66. The summed E-state index contributed by atoms with van der Waals surface area (Å²) in [5.41, 5.74) is -0.820. The molecule has 1 heterocycles. The molecule has 17 heavy (non-hydrogen) atoms. The maximum absolute atomic E-state index is 13.7. The number of hydrogen-bond acceptors (Lipinski definition) is 4. The number of carbonyl (C=O) groups is 1. The maximum Gasteiger partial charge on any atom is 0.385 e. The first kappa shape index (κ1) is 13.7. The third-order valence-electron chi connectivity index (χ3n) is 1.91. The second kappa shape index (κ2) is 5.31. The molecular weight excluding hydrogens is 252 g/mol. The molecule has 0 aliphatic heterocycles. The largest absolute Gasteiger partial charge is 0.461 e. The molecule has 0 fully saturated rings. The van der Waals surface area contributed by atoms with E-state index < -0.39 is 28.4 Å². The van der Waals surface area contributed by atoms with E-state index in [-0.39, 0.29) is 11.5 Å². The number of carbonyl (C=O) groups excluding carboxylic acids is 1. The zero-order valence-electron chi connectivity index (χ0n) is 9.28. The van der Waals surface area contributed by atoms with Gasteiger partial charge in [0.15, 0.2) is 0 Å². The highest BCUT2D eigenvalue weighted by Gasteiger charge is 2.46. The number of esters is 1. The number of rotatable bonds is 4. The quantitative estimate of drug-likeness (QED) is 0.772. The Morgan fingerprint density at radius 3 is 2.76 bits per heavy atom. The fourth-order valence-corrected chi connectivity index (χ4v) is 1.90. The predicted molar refractivity (Wildman–Crippen MR) is 57.1 cm³/mol. The van der Waals surface area contributed by atoms with Crippen LogP contribution in [0.25, 0.3) is 0 Å². The molecule has 0 aromatic carbocycles. The number of aromatic nitrogens is 1. The van der Waals surface area contributed by atoms with Gasteiger partial charge >= 0.3 is 11.9 Å². The maximum atomic E-state index is 13.7. The lowest BCUT2D eigenvalue weighted by atomic mass is 10.2. The number of halogens is 2. The Balaban J connectivity index is 3.23. The monoisotopic (exact) mass is 263 g/mol. The van der Waals surface area contributed by atoms with E-state index in [1.807, 2.05) is 0 Å². The fraction of sp³-hybridized carbons (Fsp3) is 0.400. The Bertz CT molecular complexity index is 451. The summed E-state index contributed by atoms with van der Waals surface area (Å²) in [5.74, 6) is -5.58. The normalized spacial score (nSPS) is 13.2. The first-order valence-electron chi connectivity index (χ1n) is 4.75. The van der Waals surface area contributed by atoms with Crippen LogP contribution in [0, 0.1) is 0 Å². The van der Waals surface area contributed by atoms with E-state index in [4.69, 9.17) is 0 Å². The summed E-state index contributed by atoms with van der Waals surface area (Å²) in [6, 6.07) is 2.62. The highest BCUT2D eigenvalue weighted by molar-refractivity contribution is 7.84. The molecule has 0 bridgehead atoms.